The minimum atomic E-state index is 0.145. The van der Waals surface area contributed by atoms with Crippen molar-refractivity contribution in [3.63, 3.8) is 0 Å². The molecule has 2 aromatic rings. The van der Waals surface area contributed by atoms with Crippen LogP contribution in [0, 0.1) is 18.8 Å². The van der Waals surface area contributed by atoms with Gasteiger partial charge in [0.25, 0.3) is 0 Å². The maximum Gasteiger partial charge on any atom is 0.131 e. The average molecular weight is 517 g/mol. The Kier molecular flexibility index (Phi) is 9.41. The van der Waals surface area contributed by atoms with Crippen LogP contribution in [0.4, 0.5) is 5.69 Å². The molecule has 200 valence electrons. The number of amidine groups is 1. The zero-order chi connectivity index (χ0) is 27.8. The summed E-state index contributed by atoms with van der Waals surface area (Å²) < 4.78 is 0. The molecule has 2 aromatic carbocycles. The summed E-state index contributed by atoms with van der Waals surface area (Å²) in [5.41, 5.74) is 8.03. The average Bonchev–Trinajstić information content (AvgIpc) is 3.27. The van der Waals surface area contributed by atoms with Crippen molar-refractivity contribution in [1.82, 2.24) is 14.7 Å². The summed E-state index contributed by atoms with van der Waals surface area (Å²) in [4.78, 5) is 12.4. The van der Waals surface area contributed by atoms with E-state index < -0.39 is 0 Å². The Morgan fingerprint density at radius 1 is 1.03 bits per heavy atom. The lowest BCUT2D eigenvalue weighted by Crippen LogP contribution is -2.54. The van der Waals surface area contributed by atoms with Crippen LogP contribution >= 0.6 is 0 Å². The molecular weight excluding hydrogens is 476 g/mol. The van der Waals surface area contributed by atoms with Gasteiger partial charge in [0.05, 0.1) is 11.7 Å². The molecule has 1 fully saturated rings. The Morgan fingerprint density at radius 2 is 1.74 bits per heavy atom. The van der Waals surface area contributed by atoms with Crippen molar-refractivity contribution < 1.29 is 0 Å². The molecule has 0 bridgehead atoms. The van der Waals surface area contributed by atoms with E-state index in [9.17, 15) is 0 Å². The SMILES string of the molecule is C=C.C=C(CCc1ccc(C)cc1)N1CCN(C(C)C2=Nc3ccccc3C(=C)N2C2=CCC#CC=C2)CC1. The highest BCUT2D eigenvalue weighted by molar-refractivity contribution is 6.02. The second-order valence-electron chi connectivity index (χ2n) is 10.0. The van der Waals surface area contributed by atoms with Crippen LogP contribution in [0.15, 0.2) is 109 Å². The Bertz CT molecular complexity index is 1340. The topological polar surface area (TPSA) is 22.1 Å². The third-order valence-corrected chi connectivity index (χ3v) is 7.57. The van der Waals surface area contributed by atoms with Gasteiger partial charge in [0, 0.05) is 55.3 Å². The second kappa shape index (κ2) is 13.1. The van der Waals surface area contributed by atoms with Crippen LogP contribution in [0.1, 0.15) is 36.5 Å². The zero-order valence-corrected chi connectivity index (χ0v) is 23.5. The van der Waals surface area contributed by atoms with Crippen LogP contribution in [0.25, 0.3) is 5.70 Å². The van der Waals surface area contributed by atoms with Crippen LogP contribution in [0.3, 0.4) is 0 Å². The van der Waals surface area contributed by atoms with Crippen molar-refractivity contribution in [3.05, 3.63) is 121 Å². The van der Waals surface area contributed by atoms with Crippen molar-refractivity contribution >= 4 is 17.2 Å². The van der Waals surface area contributed by atoms with E-state index in [0.717, 1.165) is 73.9 Å². The van der Waals surface area contributed by atoms with Crippen molar-refractivity contribution in [2.24, 2.45) is 4.99 Å². The summed E-state index contributed by atoms with van der Waals surface area (Å²) in [7, 11) is 0. The molecule has 4 nitrogen and oxygen atoms in total. The van der Waals surface area contributed by atoms with Crippen molar-refractivity contribution in [2.75, 3.05) is 26.2 Å². The van der Waals surface area contributed by atoms with Gasteiger partial charge in [0.15, 0.2) is 0 Å². The fourth-order valence-corrected chi connectivity index (χ4v) is 5.24. The maximum atomic E-state index is 5.17. The number of rotatable bonds is 7. The molecule has 3 aliphatic rings. The largest absolute Gasteiger partial charge is 0.373 e. The number of fused-ring (bicyclic) bond motifs is 1. The number of benzene rings is 2. The van der Waals surface area contributed by atoms with Gasteiger partial charge in [-0.3, -0.25) is 9.80 Å². The molecule has 0 amide bonds. The summed E-state index contributed by atoms with van der Waals surface area (Å²) in [6, 6.07) is 17.3. The molecule has 1 saturated heterocycles. The molecule has 5 rings (SSSR count). The highest BCUT2D eigenvalue weighted by atomic mass is 15.3. The van der Waals surface area contributed by atoms with Gasteiger partial charge >= 0.3 is 0 Å². The molecule has 0 radical (unpaired) electrons. The monoisotopic (exact) mass is 516 g/mol. The lowest BCUT2D eigenvalue weighted by atomic mass is 10.0. The predicted molar refractivity (Wildman–Crippen MR) is 167 cm³/mol. The van der Waals surface area contributed by atoms with E-state index in [1.54, 1.807) is 0 Å². The van der Waals surface area contributed by atoms with E-state index in [0.29, 0.717) is 0 Å². The molecule has 39 heavy (non-hydrogen) atoms. The van der Waals surface area contributed by atoms with E-state index in [1.165, 1.54) is 16.8 Å². The number of aryl methyl sites for hydroxylation is 2. The Hall–Kier alpha value is -4.07. The summed E-state index contributed by atoms with van der Waals surface area (Å²) in [6.45, 7) is 23.2. The number of nitrogens with zero attached hydrogens (tertiary/aromatic N) is 4. The Labute approximate surface area is 235 Å². The second-order valence-corrected chi connectivity index (χ2v) is 10.0. The van der Waals surface area contributed by atoms with Gasteiger partial charge in [-0.05, 0) is 56.5 Å². The van der Waals surface area contributed by atoms with Gasteiger partial charge < -0.3 is 4.90 Å². The minimum absolute atomic E-state index is 0.145. The van der Waals surface area contributed by atoms with E-state index >= 15 is 0 Å². The number of para-hydroxylation sites is 1. The summed E-state index contributed by atoms with van der Waals surface area (Å²) in [5.74, 6) is 7.28. The van der Waals surface area contributed by atoms with Gasteiger partial charge in [-0.15, -0.1) is 13.2 Å². The molecule has 2 heterocycles. The highest BCUT2D eigenvalue weighted by Crippen LogP contribution is 2.37. The van der Waals surface area contributed by atoms with E-state index in [4.69, 9.17) is 4.99 Å². The van der Waals surface area contributed by atoms with Gasteiger partial charge in [0.2, 0.25) is 0 Å². The van der Waals surface area contributed by atoms with Crippen molar-refractivity contribution in [2.45, 2.75) is 39.2 Å². The number of aliphatic imine (C=N–C) groups is 1. The summed E-state index contributed by atoms with van der Waals surface area (Å²) >= 11 is 0. The molecule has 2 aliphatic heterocycles. The Morgan fingerprint density at radius 3 is 2.49 bits per heavy atom. The quantitative estimate of drug-likeness (QED) is 0.289. The first-order chi connectivity index (χ1) is 19.0. The molecule has 4 heteroatoms. The van der Waals surface area contributed by atoms with Crippen LogP contribution in [0.5, 0.6) is 0 Å². The van der Waals surface area contributed by atoms with Gasteiger partial charge in [0.1, 0.15) is 5.84 Å². The van der Waals surface area contributed by atoms with Crippen molar-refractivity contribution in [1.29, 1.82) is 0 Å². The van der Waals surface area contributed by atoms with Crippen LogP contribution in [-0.2, 0) is 6.42 Å². The molecule has 1 unspecified atom stereocenters. The Balaban J connectivity index is 0.00000172. The number of hydrogen-bond acceptors (Lipinski definition) is 4. The molecule has 0 spiro atoms. The van der Waals surface area contributed by atoms with Gasteiger partial charge in [-0.1, -0.05) is 73.0 Å². The molecule has 1 aliphatic carbocycles. The number of allylic oxidation sites excluding steroid dienone is 4. The fourth-order valence-electron chi connectivity index (χ4n) is 5.24. The first-order valence-corrected chi connectivity index (χ1v) is 13.8. The first-order valence-electron chi connectivity index (χ1n) is 13.8. The van der Waals surface area contributed by atoms with E-state index in [2.05, 4.69) is 121 Å². The van der Waals surface area contributed by atoms with Crippen LogP contribution in [-0.4, -0.2) is 52.8 Å². The van der Waals surface area contributed by atoms with Crippen LogP contribution in [0.2, 0.25) is 0 Å². The zero-order valence-electron chi connectivity index (χ0n) is 23.5. The number of piperazine rings is 1. The molecule has 1 atom stereocenters. The smallest absolute Gasteiger partial charge is 0.131 e. The van der Waals surface area contributed by atoms with Gasteiger partial charge in [-0.25, -0.2) is 4.99 Å². The molecule has 0 N–H and O–H groups in total. The van der Waals surface area contributed by atoms with Crippen molar-refractivity contribution in [3.8, 4) is 11.8 Å². The fraction of sp³-hybridized carbons (Fsp3) is 0.286. The summed E-state index contributed by atoms with van der Waals surface area (Å²) in [5, 5.41) is 0. The van der Waals surface area contributed by atoms with E-state index in [1.807, 2.05) is 12.1 Å². The maximum absolute atomic E-state index is 5.17. The van der Waals surface area contributed by atoms with Gasteiger partial charge in [-0.2, -0.15) is 0 Å². The number of hydrogen-bond donors (Lipinski definition) is 0. The predicted octanol–water partition coefficient (Wildman–Crippen LogP) is 7.11. The minimum Gasteiger partial charge on any atom is -0.373 e. The molecule has 0 saturated carbocycles. The third-order valence-electron chi connectivity index (χ3n) is 7.57. The summed E-state index contributed by atoms with van der Waals surface area (Å²) in [6.07, 6.45) is 8.94. The third kappa shape index (κ3) is 6.50. The lowest BCUT2D eigenvalue weighted by molar-refractivity contribution is 0.142. The molecular formula is C35H40N4. The lowest BCUT2D eigenvalue weighted by Gasteiger charge is -2.43. The first kappa shape index (κ1) is 28.0. The standard InChI is InChI=1S/C33H36N4.C2H4/c1-25-15-18-29(19-16-25)20-17-26(2)35-21-23-36(24-22-35)28(4)33-34-32-14-10-9-13-31(32)27(3)37(33)30-11-7-5-6-8-12-30;1-2/h7,9-16,18-19,28H,2-3,8,17,20-24H2,1,4H3;1-2H2. The van der Waals surface area contributed by atoms with Crippen LogP contribution < -0.4 is 0 Å². The normalized spacial score (nSPS) is 17.4. The molecule has 0 aromatic heterocycles. The highest BCUT2D eigenvalue weighted by Gasteiger charge is 2.33. The van der Waals surface area contributed by atoms with E-state index in [-0.39, 0.29) is 6.04 Å².